The maximum Gasteiger partial charge on any atom is 0.308 e. The van der Waals surface area contributed by atoms with Gasteiger partial charge in [0.25, 0.3) is 5.91 Å². The number of hydrogen-bond donors (Lipinski definition) is 2. The SMILES string of the molecule is CCn1nc(C)c(C(=O)NCC(CC(C)C)C(=O)O)c1C. The molecule has 0 aromatic carbocycles. The number of carbonyl (C=O) groups excluding carboxylic acids is 1. The zero-order valence-corrected chi connectivity index (χ0v) is 13.4. The predicted molar refractivity (Wildman–Crippen MR) is 80.3 cm³/mol. The third-order valence-electron chi connectivity index (χ3n) is 3.52. The number of carboxylic acids is 1. The van der Waals surface area contributed by atoms with Crippen LogP contribution in [0.5, 0.6) is 0 Å². The molecule has 0 bridgehead atoms. The summed E-state index contributed by atoms with van der Waals surface area (Å²) in [6, 6.07) is 0. The summed E-state index contributed by atoms with van der Waals surface area (Å²) in [4.78, 5) is 23.5. The van der Waals surface area contributed by atoms with Gasteiger partial charge in [0.05, 0.1) is 17.2 Å². The molecule has 0 radical (unpaired) electrons. The average molecular weight is 295 g/mol. The molecule has 0 aliphatic heterocycles. The highest BCUT2D eigenvalue weighted by atomic mass is 16.4. The molecule has 1 atom stereocenters. The van der Waals surface area contributed by atoms with Crippen molar-refractivity contribution in [2.75, 3.05) is 6.54 Å². The van der Waals surface area contributed by atoms with Crippen LogP contribution in [0.2, 0.25) is 0 Å². The Hall–Kier alpha value is -1.85. The van der Waals surface area contributed by atoms with Crippen molar-refractivity contribution in [2.45, 2.75) is 47.6 Å². The van der Waals surface area contributed by atoms with E-state index in [1.54, 1.807) is 11.6 Å². The third-order valence-corrected chi connectivity index (χ3v) is 3.52. The fraction of sp³-hybridized carbons (Fsp3) is 0.667. The van der Waals surface area contributed by atoms with E-state index in [4.69, 9.17) is 0 Å². The van der Waals surface area contributed by atoms with Crippen molar-refractivity contribution in [2.24, 2.45) is 11.8 Å². The van der Waals surface area contributed by atoms with Crippen molar-refractivity contribution >= 4 is 11.9 Å². The first-order valence-electron chi connectivity index (χ1n) is 7.32. The van der Waals surface area contributed by atoms with E-state index in [0.717, 1.165) is 5.69 Å². The van der Waals surface area contributed by atoms with Crippen molar-refractivity contribution in [3.05, 3.63) is 17.0 Å². The summed E-state index contributed by atoms with van der Waals surface area (Å²) in [6.45, 7) is 10.4. The van der Waals surface area contributed by atoms with Gasteiger partial charge in [0, 0.05) is 18.8 Å². The second kappa shape index (κ2) is 7.24. The number of carboxylic acid groups (broad SMARTS) is 1. The van der Waals surface area contributed by atoms with Crippen LogP contribution in [-0.2, 0) is 11.3 Å². The van der Waals surface area contributed by atoms with E-state index in [9.17, 15) is 14.7 Å². The Morgan fingerprint density at radius 3 is 2.38 bits per heavy atom. The Kier molecular flexibility index (Phi) is 5.93. The van der Waals surface area contributed by atoms with Crippen LogP contribution >= 0.6 is 0 Å². The topological polar surface area (TPSA) is 84.2 Å². The van der Waals surface area contributed by atoms with Gasteiger partial charge >= 0.3 is 5.97 Å². The number of rotatable bonds is 7. The average Bonchev–Trinajstić information content (AvgIpc) is 2.68. The molecule has 0 saturated heterocycles. The zero-order valence-electron chi connectivity index (χ0n) is 13.4. The van der Waals surface area contributed by atoms with Crippen LogP contribution in [0.1, 0.15) is 48.9 Å². The summed E-state index contributed by atoms with van der Waals surface area (Å²) < 4.78 is 1.77. The Balaban J connectivity index is 2.77. The number of aromatic nitrogens is 2. The van der Waals surface area contributed by atoms with Crippen molar-refractivity contribution < 1.29 is 14.7 Å². The van der Waals surface area contributed by atoms with E-state index in [0.29, 0.717) is 24.2 Å². The molecule has 1 aromatic heterocycles. The molecule has 0 aliphatic carbocycles. The van der Waals surface area contributed by atoms with Crippen LogP contribution in [0.25, 0.3) is 0 Å². The zero-order chi connectivity index (χ0) is 16.2. The van der Waals surface area contributed by atoms with Gasteiger partial charge in [0.15, 0.2) is 0 Å². The lowest BCUT2D eigenvalue weighted by Gasteiger charge is -2.15. The number of nitrogens with zero attached hydrogens (tertiary/aromatic N) is 2. The molecule has 0 spiro atoms. The van der Waals surface area contributed by atoms with Gasteiger partial charge in [-0.05, 0) is 33.1 Å². The number of aliphatic carboxylic acids is 1. The summed E-state index contributed by atoms with van der Waals surface area (Å²) in [5.41, 5.74) is 2.02. The first kappa shape index (κ1) is 17.2. The largest absolute Gasteiger partial charge is 0.481 e. The highest BCUT2D eigenvalue weighted by Crippen LogP contribution is 2.14. The number of hydrogen-bond acceptors (Lipinski definition) is 3. The minimum absolute atomic E-state index is 0.141. The molecule has 6 heteroatoms. The maximum atomic E-state index is 12.3. The van der Waals surface area contributed by atoms with Crippen LogP contribution in [0.4, 0.5) is 0 Å². The number of amides is 1. The van der Waals surface area contributed by atoms with Gasteiger partial charge in [-0.25, -0.2) is 0 Å². The Bertz CT molecular complexity index is 520. The van der Waals surface area contributed by atoms with Gasteiger partial charge in [-0.15, -0.1) is 0 Å². The standard InChI is InChI=1S/C15H25N3O3/c1-6-18-11(5)13(10(4)17-18)14(19)16-8-12(15(20)21)7-9(2)3/h9,12H,6-8H2,1-5H3,(H,16,19)(H,20,21). The van der Waals surface area contributed by atoms with Crippen molar-refractivity contribution in [1.82, 2.24) is 15.1 Å². The smallest absolute Gasteiger partial charge is 0.308 e. The molecule has 1 unspecified atom stereocenters. The lowest BCUT2D eigenvalue weighted by molar-refractivity contribution is -0.142. The fourth-order valence-electron chi connectivity index (χ4n) is 2.48. The summed E-state index contributed by atoms with van der Waals surface area (Å²) in [6.07, 6.45) is 0.543. The second-order valence-corrected chi connectivity index (χ2v) is 5.74. The molecule has 1 amide bonds. The molecule has 21 heavy (non-hydrogen) atoms. The van der Waals surface area contributed by atoms with E-state index < -0.39 is 11.9 Å². The molecular formula is C15H25N3O3. The molecule has 1 aromatic rings. The fourth-order valence-corrected chi connectivity index (χ4v) is 2.48. The second-order valence-electron chi connectivity index (χ2n) is 5.74. The van der Waals surface area contributed by atoms with Gasteiger partial charge in [0.1, 0.15) is 0 Å². The lowest BCUT2D eigenvalue weighted by Crippen LogP contribution is -2.34. The quantitative estimate of drug-likeness (QED) is 0.805. The molecular weight excluding hydrogens is 270 g/mol. The Labute approximate surface area is 125 Å². The minimum Gasteiger partial charge on any atom is -0.481 e. The lowest BCUT2D eigenvalue weighted by atomic mass is 9.97. The summed E-state index contributed by atoms with van der Waals surface area (Å²) >= 11 is 0. The minimum atomic E-state index is -0.873. The maximum absolute atomic E-state index is 12.3. The number of nitrogens with one attached hydrogen (secondary N) is 1. The summed E-state index contributed by atoms with van der Waals surface area (Å²) in [5.74, 6) is -1.41. The van der Waals surface area contributed by atoms with Crippen LogP contribution < -0.4 is 5.32 Å². The highest BCUT2D eigenvalue weighted by molar-refractivity contribution is 5.96. The van der Waals surface area contributed by atoms with Crippen LogP contribution in [0.15, 0.2) is 0 Å². The van der Waals surface area contributed by atoms with Gasteiger partial charge in [-0.2, -0.15) is 5.10 Å². The summed E-state index contributed by atoms with van der Waals surface area (Å²) in [5, 5.41) is 16.2. The molecule has 2 N–H and O–H groups in total. The molecule has 1 heterocycles. The monoisotopic (exact) mass is 295 g/mol. The molecule has 0 saturated carbocycles. The van der Waals surface area contributed by atoms with Crippen LogP contribution in [-0.4, -0.2) is 33.3 Å². The normalized spacial score (nSPS) is 12.5. The van der Waals surface area contributed by atoms with E-state index >= 15 is 0 Å². The number of carbonyl (C=O) groups is 2. The van der Waals surface area contributed by atoms with E-state index in [1.165, 1.54) is 0 Å². The Morgan fingerprint density at radius 1 is 1.33 bits per heavy atom. The van der Waals surface area contributed by atoms with Crippen molar-refractivity contribution in [1.29, 1.82) is 0 Å². The molecule has 0 aliphatic rings. The first-order chi connectivity index (χ1) is 9.77. The van der Waals surface area contributed by atoms with Crippen LogP contribution in [0, 0.1) is 25.7 Å². The predicted octanol–water partition coefficient (Wildman–Crippen LogP) is 2.00. The Morgan fingerprint density at radius 2 is 1.95 bits per heavy atom. The first-order valence-corrected chi connectivity index (χ1v) is 7.32. The van der Waals surface area contributed by atoms with Gasteiger partial charge in [-0.1, -0.05) is 13.8 Å². The number of aryl methyl sites for hydroxylation is 2. The van der Waals surface area contributed by atoms with Gasteiger partial charge in [-0.3, -0.25) is 14.3 Å². The van der Waals surface area contributed by atoms with Crippen molar-refractivity contribution in [3.63, 3.8) is 0 Å². The molecule has 118 valence electrons. The molecule has 6 nitrogen and oxygen atoms in total. The molecule has 1 rings (SSSR count). The highest BCUT2D eigenvalue weighted by Gasteiger charge is 2.22. The molecule has 0 fully saturated rings. The van der Waals surface area contributed by atoms with Crippen molar-refractivity contribution in [3.8, 4) is 0 Å². The van der Waals surface area contributed by atoms with E-state index in [2.05, 4.69) is 10.4 Å². The van der Waals surface area contributed by atoms with E-state index in [1.807, 2.05) is 27.7 Å². The summed E-state index contributed by atoms with van der Waals surface area (Å²) in [7, 11) is 0. The third kappa shape index (κ3) is 4.31. The van der Waals surface area contributed by atoms with Gasteiger partial charge < -0.3 is 10.4 Å². The van der Waals surface area contributed by atoms with Crippen LogP contribution in [0.3, 0.4) is 0 Å². The van der Waals surface area contributed by atoms with E-state index in [-0.39, 0.29) is 18.4 Å². The van der Waals surface area contributed by atoms with Gasteiger partial charge in [0.2, 0.25) is 0 Å².